The molecule has 0 unspecified atom stereocenters. The molecule has 0 radical (unpaired) electrons. The number of hydrogen-bond donors (Lipinski definition) is 0. The number of nitrogens with zero attached hydrogens (tertiary/aromatic N) is 7. The van der Waals surface area contributed by atoms with Crippen LogP contribution in [0.3, 0.4) is 0 Å². The third-order valence-corrected chi connectivity index (χ3v) is 5.75. The normalized spacial score (nSPS) is 15.1. The van der Waals surface area contributed by atoms with Crippen LogP contribution in [0.2, 0.25) is 0 Å². The number of fused-ring (bicyclic) bond motifs is 2. The van der Waals surface area contributed by atoms with Crippen molar-refractivity contribution in [2.24, 2.45) is 0 Å². The summed E-state index contributed by atoms with van der Waals surface area (Å²) >= 11 is 0. The maximum Gasteiger partial charge on any atom is 0.273 e. The van der Waals surface area contributed by atoms with E-state index in [0.717, 1.165) is 40.9 Å². The van der Waals surface area contributed by atoms with Gasteiger partial charge in [0.25, 0.3) is 5.91 Å². The number of carbonyl (C=O) groups excluding carboxylic acids is 1. The van der Waals surface area contributed by atoms with Crippen LogP contribution in [0.5, 0.6) is 0 Å². The molecule has 0 aliphatic carbocycles. The molecule has 1 amide bonds. The highest BCUT2D eigenvalue weighted by atomic mass is 16.2. The molecule has 8 heteroatoms. The van der Waals surface area contributed by atoms with E-state index in [-0.39, 0.29) is 11.8 Å². The Hall–Kier alpha value is -3.55. The van der Waals surface area contributed by atoms with Gasteiger partial charge in [0.05, 0.1) is 0 Å². The van der Waals surface area contributed by atoms with Gasteiger partial charge >= 0.3 is 0 Å². The Morgan fingerprint density at radius 3 is 2.63 bits per heavy atom. The summed E-state index contributed by atoms with van der Waals surface area (Å²) in [6, 6.07) is 13.7. The number of pyridine rings is 1. The molecular formula is C22H23N7O. The average molecular weight is 401 g/mol. The van der Waals surface area contributed by atoms with Crippen LogP contribution in [0, 0.1) is 0 Å². The minimum Gasteiger partial charge on any atom is -0.361 e. The van der Waals surface area contributed by atoms with Gasteiger partial charge in [0.2, 0.25) is 0 Å². The van der Waals surface area contributed by atoms with E-state index >= 15 is 0 Å². The lowest BCUT2D eigenvalue weighted by Crippen LogP contribution is -2.38. The second-order valence-electron chi connectivity index (χ2n) is 7.86. The summed E-state index contributed by atoms with van der Waals surface area (Å²) in [6.45, 7) is 1.33. The Balaban J connectivity index is 1.36. The first kappa shape index (κ1) is 18.5. The summed E-state index contributed by atoms with van der Waals surface area (Å²) in [6.07, 6.45) is 3.36. The van der Waals surface area contributed by atoms with Crippen LogP contribution in [0.25, 0.3) is 16.4 Å². The Labute approximate surface area is 174 Å². The van der Waals surface area contributed by atoms with Gasteiger partial charge in [-0.15, -0.1) is 15.3 Å². The molecule has 1 aromatic carbocycles. The third-order valence-electron chi connectivity index (χ3n) is 5.75. The summed E-state index contributed by atoms with van der Waals surface area (Å²) < 4.78 is 1.84. The molecule has 30 heavy (non-hydrogen) atoms. The lowest BCUT2D eigenvalue weighted by Gasteiger charge is -2.31. The van der Waals surface area contributed by atoms with Crippen molar-refractivity contribution in [1.82, 2.24) is 29.7 Å². The molecular weight excluding hydrogens is 378 g/mol. The van der Waals surface area contributed by atoms with Gasteiger partial charge in [0, 0.05) is 44.7 Å². The summed E-state index contributed by atoms with van der Waals surface area (Å²) in [5, 5.41) is 15.3. The van der Waals surface area contributed by atoms with Crippen molar-refractivity contribution in [3.05, 3.63) is 60.2 Å². The fraction of sp³-hybridized carbons (Fsp3) is 0.318. The molecule has 1 aliphatic rings. The monoisotopic (exact) mass is 401 g/mol. The Bertz CT molecular complexity index is 1220. The molecule has 4 heterocycles. The van der Waals surface area contributed by atoms with Crippen molar-refractivity contribution in [2.45, 2.75) is 18.8 Å². The summed E-state index contributed by atoms with van der Waals surface area (Å²) in [5.74, 6) is 1.93. The van der Waals surface area contributed by atoms with E-state index in [2.05, 4.69) is 20.3 Å². The van der Waals surface area contributed by atoms with Crippen LogP contribution in [-0.4, -0.2) is 62.8 Å². The highest BCUT2D eigenvalue weighted by molar-refractivity contribution is 6.05. The van der Waals surface area contributed by atoms with Crippen molar-refractivity contribution in [1.29, 1.82) is 0 Å². The van der Waals surface area contributed by atoms with Crippen molar-refractivity contribution < 1.29 is 4.79 Å². The Morgan fingerprint density at radius 1 is 1.03 bits per heavy atom. The molecule has 0 saturated carbocycles. The largest absolute Gasteiger partial charge is 0.361 e. The van der Waals surface area contributed by atoms with Crippen molar-refractivity contribution in [2.75, 3.05) is 32.1 Å². The molecule has 5 rings (SSSR count). The van der Waals surface area contributed by atoms with Crippen molar-refractivity contribution in [3.63, 3.8) is 0 Å². The van der Waals surface area contributed by atoms with Crippen LogP contribution < -0.4 is 4.90 Å². The minimum absolute atomic E-state index is 0.00984. The molecule has 0 N–H and O–H groups in total. The zero-order valence-electron chi connectivity index (χ0n) is 17.1. The first-order chi connectivity index (χ1) is 14.6. The van der Waals surface area contributed by atoms with E-state index in [4.69, 9.17) is 0 Å². The highest BCUT2D eigenvalue weighted by Crippen LogP contribution is 2.28. The standard InChI is InChI=1S/C22H23N7O/c1-27(2)19-8-7-18-24-25-21(29(18)26-19)16-10-13-28(14-11-16)22(30)20-17-6-4-3-5-15(17)9-12-23-20/h3-9,12,16H,10-11,13-14H2,1-2H3. The van der Waals surface area contributed by atoms with Gasteiger partial charge < -0.3 is 9.80 Å². The number of carbonyl (C=O) groups is 1. The minimum atomic E-state index is -0.00984. The van der Waals surface area contributed by atoms with Crippen LogP contribution in [0.15, 0.2) is 48.7 Å². The quantitative estimate of drug-likeness (QED) is 0.525. The molecule has 0 bridgehead atoms. The fourth-order valence-electron chi connectivity index (χ4n) is 4.07. The summed E-state index contributed by atoms with van der Waals surface area (Å²) in [5.41, 5.74) is 1.27. The van der Waals surface area contributed by atoms with E-state index in [9.17, 15) is 4.79 Å². The smallest absolute Gasteiger partial charge is 0.273 e. The lowest BCUT2D eigenvalue weighted by molar-refractivity contribution is 0.0707. The van der Waals surface area contributed by atoms with E-state index < -0.39 is 0 Å². The average Bonchev–Trinajstić information content (AvgIpc) is 3.21. The number of piperidine rings is 1. The number of hydrogen-bond acceptors (Lipinski definition) is 6. The fourth-order valence-corrected chi connectivity index (χ4v) is 4.07. The SMILES string of the molecule is CN(C)c1ccc2nnc(C3CCN(C(=O)c4nccc5ccccc45)CC3)n2n1. The van der Waals surface area contributed by atoms with Crippen molar-refractivity contribution in [3.8, 4) is 0 Å². The maximum atomic E-state index is 13.2. The molecule has 4 aromatic rings. The molecule has 1 fully saturated rings. The van der Waals surface area contributed by atoms with Gasteiger partial charge in [-0.25, -0.2) is 0 Å². The first-order valence-electron chi connectivity index (χ1n) is 10.1. The number of aromatic nitrogens is 5. The zero-order chi connectivity index (χ0) is 20.7. The molecule has 0 spiro atoms. The topological polar surface area (TPSA) is 79.5 Å². The number of likely N-dealkylation sites (tertiary alicyclic amines) is 1. The predicted octanol–water partition coefficient (Wildman–Crippen LogP) is 2.76. The van der Waals surface area contributed by atoms with Crippen LogP contribution >= 0.6 is 0 Å². The number of anilines is 1. The molecule has 8 nitrogen and oxygen atoms in total. The van der Waals surface area contributed by atoms with Crippen LogP contribution in [0.4, 0.5) is 5.82 Å². The van der Waals surface area contributed by atoms with Gasteiger partial charge in [-0.3, -0.25) is 9.78 Å². The van der Waals surface area contributed by atoms with Crippen LogP contribution in [-0.2, 0) is 0 Å². The molecule has 1 saturated heterocycles. The third kappa shape index (κ3) is 3.14. The molecule has 1 aliphatic heterocycles. The molecule has 0 atom stereocenters. The number of benzene rings is 1. The highest BCUT2D eigenvalue weighted by Gasteiger charge is 2.29. The van der Waals surface area contributed by atoms with E-state index in [1.807, 2.05) is 70.9 Å². The van der Waals surface area contributed by atoms with Gasteiger partial charge in [-0.05, 0) is 36.4 Å². The zero-order valence-corrected chi connectivity index (χ0v) is 17.1. The van der Waals surface area contributed by atoms with Gasteiger partial charge in [-0.1, -0.05) is 24.3 Å². The van der Waals surface area contributed by atoms with Gasteiger partial charge in [-0.2, -0.15) is 4.52 Å². The molecule has 3 aromatic heterocycles. The second kappa shape index (κ2) is 7.37. The van der Waals surface area contributed by atoms with E-state index in [0.29, 0.717) is 18.8 Å². The predicted molar refractivity (Wildman–Crippen MR) is 115 cm³/mol. The lowest BCUT2D eigenvalue weighted by atomic mass is 9.95. The number of amides is 1. The Morgan fingerprint density at radius 2 is 1.83 bits per heavy atom. The van der Waals surface area contributed by atoms with Gasteiger partial charge in [0.15, 0.2) is 11.5 Å². The van der Waals surface area contributed by atoms with Crippen molar-refractivity contribution >= 4 is 28.1 Å². The summed E-state index contributed by atoms with van der Waals surface area (Å²) in [7, 11) is 3.92. The van der Waals surface area contributed by atoms with E-state index in [1.165, 1.54) is 0 Å². The maximum absolute atomic E-state index is 13.2. The summed E-state index contributed by atoms with van der Waals surface area (Å²) in [4.78, 5) is 21.4. The number of rotatable bonds is 3. The second-order valence-corrected chi connectivity index (χ2v) is 7.86. The van der Waals surface area contributed by atoms with Crippen LogP contribution in [0.1, 0.15) is 35.1 Å². The molecule has 152 valence electrons. The van der Waals surface area contributed by atoms with Gasteiger partial charge in [0.1, 0.15) is 11.5 Å². The van der Waals surface area contributed by atoms with E-state index in [1.54, 1.807) is 6.20 Å². The first-order valence-corrected chi connectivity index (χ1v) is 10.1. The Kier molecular flexibility index (Phi) is 4.54.